The van der Waals surface area contributed by atoms with Gasteiger partial charge in [-0.1, -0.05) is 42.5 Å². The van der Waals surface area contributed by atoms with E-state index in [4.69, 9.17) is 0 Å². The van der Waals surface area contributed by atoms with E-state index in [-0.39, 0.29) is 29.2 Å². The summed E-state index contributed by atoms with van der Waals surface area (Å²) in [5.41, 5.74) is 2.51. The van der Waals surface area contributed by atoms with Gasteiger partial charge in [0.05, 0.1) is 23.6 Å². The zero-order chi connectivity index (χ0) is 22.4. The second-order valence-electron chi connectivity index (χ2n) is 7.09. The minimum Gasteiger partial charge on any atom is -0.345 e. The molecule has 7 nitrogen and oxygen atoms in total. The van der Waals surface area contributed by atoms with Crippen LogP contribution in [0, 0.1) is 0 Å². The quantitative estimate of drug-likeness (QED) is 0.584. The topological polar surface area (TPSA) is 96.4 Å². The van der Waals surface area contributed by atoms with Crippen LogP contribution < -0.4 is 5.32 Å². The van der Waals surface area contributed by atoms with Gasteiger partial charge in [0, 0.05) is 30.9 Å². The predicted octanol–water partition coefficient (Wildman–Crippen LogP) is 2.54. The minimum absolute atomic E-state index is 0.0124. The Morgan fingerprint density at radius 3 is 2.35 bits per heavy atom. The molecule has 0 aliphatic heterocycles. The number of hydrogen-bond donors (Lipinski definition) is 1. The molecule has 2 aromatic carbocycles. The van der Waals surface area contributed by atoms with Crippen LogP contribution in [0.15, 0.2) is 77.7 Å². The first-order valence-electron chi connectivity index (χ1n) is 9.61. The number of benzene rings is 2. The van der Waals surface area contributed by atoms with Crippen molar-refractivity contribution in [2.45, 2.75) is 11.3 Å². The molecule has 0 saturated carbocycles. The van der Waals surface area contributed by atoms with Gasteiger partial charge in [-0.05, 0) is 30.3 Å². The van der Waals surface area contributed by atoms with Crippen LogP contribution in [-0.2, 0) is 21.2 Å². The maximum absolute atomic E-state index is 12.4. The Morgan fingerprint density at radius 2 is 1.65 bits per heavy atom. The fourth-order valence-corrected chi connectivity index (χ4v) is 3.85. The third-order valence-electron chi connectivity index (χ3n) is 4.58. The van der Waals surface area contributed by atoms with E-state index < -0.39 is 15.9 Å². The highest BCUT2D eigenvalue weighted by Crippen LogP contribution is 2.17. The van der Waals surface area contributed by atoms with Crippen molar-refractivity contribution in [2.75, 3.05) is 20.6 Å². The average Bonchev–Trinajstić information content (AvgIpc) is 2.78. The molecule has 1 N–H and O–H groups in total. The molecule has 8 heteroatoms. The van der Waals surface area contributed by atoms with Crippen molar-refractivity contribution in [1.82, 2.24) is 14.6 Å². The van der Waals surface area contributed by atoms with Gasteiger partial charge in [0.25, 0.3) is 5.91 Å². The highest BCUT2D eigenvalue weighted by Gasteiger charge is 2.19. The molecule has 160 valence electrons. The fourth-order valence-electron chi connectivity index (χ4n) is 2.90. The van der Waals surface area contributed by atoms with Gasteiger partial charge in [-0.2, -0.15) is 0 Å². The van der Waals surface area contributed by atoms with E-state index in [2.05, 4.69) is 10.3 Å². The lowest BCUT2D eigenvalue weighted by atomic mass is 10.1. The lowest BCUT2D eigenvalue weighted by Crippen LogP contribution is -2.30. The summed E-state index contributed by atoms with van der Waals surface area (Å²) in [6.45, 7) is -0.180. The molecule has 0 atom stereocenters. The first-order chi connectivity index (χ1) is 14.8. The molecular weight excluding hydrogens is 414 g/mol. The number of carbonyl (C=O) groups is 2. The number of carbonyl (C=O) groups excluding carboxylic acids is 2. The maximum Gasteiger partial charge on any atom is 0.251 e. The Bertz CT molecular complexity index is 1190. The van der Waals surface area contributed by atoms with E-state index in [9.17, 15) is 18.0 Å². The summed E-state index contributed by atoms with van der Waals surface area (Å²) in [6, 6.07) is 20.8. The molecule has 0 bridgehead atoms. The van der Waals surface area contributed by atoms with E-state index in [1.54, 1.807) is 6.07 Å². The molecule has 0 aliphatic rings. The van der Waals surface area contributed by atoms with Crippen LogP contribution in [-0.4, -0.2) is 50.0 Å². The molecule has 3 aromatic rings. The number of nitrogens with zero attached hydrogens (tertiary/aromatic N) is 2. The smallest absolute Gasteiger partial charge is 0.251 e. The van der Waals surface area contributed by atoms with E-state index in [0.29, 0.717) is 5.69 Å². The van der Waals surface area contributed by atoms with E-state index in [1.807, 2.05) is 42.5 Å². The van der Waals surface area contributed by atoms with Crippen LogP contribution in [0.2, 0.25) is 0 Å². The molecule has 0 radical (unpaired) electrons. The van der Waals surface area contributed by atoms with Gasteiger partial charge in [-0.3, -0.25) is 14.6 Å². The van der Waals surface area contributed by atoms with Crippen LogP contribution in [0.1, 0.15) is 16.1 Å². The Labute approximate surface area is 181 Å². The summed E-state index contributed by atoms with van der Waals surface area (Å²) >= 11 is 0. The molecule has 0 saturated heterocycles. The highest BCUT2D eigenvalue weighted by molar-refractivity contribution is 7.89. The monoisotopic (exact) mass is 437 g/mol. The van der Waals surface area contributed by atoms with Crippen LogP contribution in [0.4, 0.5) is 0 Å². The van der Waals surface area contributed by atoms with Crippen molar-refractivity contribution < 1.29 is 18.0 Å². The molecule has 1 heterocycles. The summed E-state index contributed by atoms with van der Waals surface area (Å²) in [5.74, 6) is -0.724. The van der Waals surface area contributed by atoms with Gasteiger partial charge in [0.1, 0.15) is 0 Å². The number of pyridine rings is 1. The Balaban J connectivity index is 1.62. The second kappa shape index (κ2) is 9.63. The van der Waals surface area contributed by atoms with Gasteiger partial charge in [0.2, 0.25) is 10.0 Å². The number of aromatic nitrogens is 1. The van der Waals surface area contributed by atoms with Gasteiger partial charge < -0.3 is 5.32 Å². The maximum atomic E-state index is 12.4. The van der Waals surface area contributed by atoms with Crippen LogP contribution in [0.3, 0.4) is 0 Å². The van der Waals surface area contributed by atoms with Crippen LogP contribution in [0.25, 0.3) is 11.3 Å². The Morgan fingerprint density at radius 1 is 0.935 bits per heavy atom. The first-order valence-corrected chi connectivity index (χ1v) is 11.1. The van der Waals surface area contributed by atoms with Crippen LogP contribution >= 0.6 is 0 Å². The van der Waals surface area contributed by atoms with Crippen molar-refractivity contribution in [3.63, 3.8) is 0 Å². The van der Waals surface area contributed by atoms with Crippen molar-refractivity contribution in [3.8, 4) is 11.3 Å². The standard InChI is InChI=1S/C23H23N3O4S/c1-26(2)31(29,30)21-12-6-10-18(14-21)23(28)24-16-20(27)15-19-11-7-13-22(25-19)17-8-4-3-5-9-17/h3-14H,15-16H2,1-2H3,(H,24,28). The summed E-state index contributed by atoms with van der Waals surface area (Å²) in [6.07, 6.45) is 0.0794. The zero-order valence-corrected chi connectivity index (χ0v) is 18.1. The minimum atomic E-state index is -3.65. The third-order valence-corrected chi connectivity index (χ3v) is 6.39. The fraction of sp³-hybridized carbons (Fsp3) is 0.174. The molecule has 0 spiro atoms. The third kappa shape index (κ3) is 5.62. The van der Waals surface area contributed by atoms with Gasteiger partial charge in [-0.25, -0.2) is 12.7 Å². The van der Waals surface area contributed by atoms with Gasteiger partial charge >= 0.3 is 0 Å². The van der Waals surface area contributed by atoms with Crippen molar-refractivity contribution >= 4 is 21.7 Å². The molecule has 1 amide bonds. The summed E-state index contributed by atoms with van der Waals surface area (Å²) in [5, 5.41) is 2.55. The van der Waals surface area contributed by atoms with E-state index in [0.717, 1.165) is 15.6 Å². The molecule has 0 unspecified atom stereocenters. The van der Waals surface area contributed by atoms with Crippen LogP contribution in [0.5, 0.6) is 0 Å². The molecule has 3 rings (SSSR count). The molecule has 0 aliphatic carbocycles. The predicted molar refractivity (Wildman–Crippen MR) is 118 cm³/mol. The molecular formula is C23H23N3O4S. The van der Waals surface area contributed by atoms with Crippen molar-refractivity contribution in [3.05, 3.63) is 84.1 Å². The van der Waals surface area contributed by atoms with Gasteiger partial charge in [-0.15, -0.1) is 0 Å². The number of rotatable bonds is 8. The lowest BCUT2D eigenvalue weighted by molar-refractivity contribution is -0.117. The summed E-state index contributed by atoms with van der Waals surface area (Å²) in [7, 11) is -0.817. The van der Waals surface area contributed by atoms with E-state index in [1.165, 1.54) is 38.4 Å². The lowest BCUT2D eigenvalue weighted by Gasteiger charge is -2.12. The molecule has 0 fully saturated rings. The highest BCUT2D eigenvalue weighted by atomic mass is 32.2. The van der Waals surface area contributed by atoms with Crippen molar-refractivity contribution in [1.29, 1.82) is 0 Å². The number of amides is 1. The zero-order valence-electron chi connectivity index (χ0n) is 17.3. The number of hydrogen-bond acceptors (Lipinski definition) is 5. The molecule has 1 aromatic heterocycles. The summed E-state index contributed by atoms with van der Waals surface area (Å²) < 4.78 is 25.6. The van der Waals surface area contributed by atoms with E-state index >= 15 is 0 Å². The van der Waals surface area contributed by atoms with Gasteiger partial charge in [0.15, 0.2) is 5.78 Å². The largest absolute Gasteiger partial charge is 0.345 e. The second-order valence-corrected chi connectivity index (χ2v) is 9.25. The van der Waals surface area contributed by atoms with Crippen molar-refractivity contribution in [2.24, 2.45) is 0 Å². The number of nitrogens with one attached hydrogen (secondary N) is 1. The Kier molecular flexibility index (Phi) is 6.94. The SMILES string of the molecule is CN(C)S(=O)(=O)c1cccc(C(=O)NCC(=O)Cc2cccc(-c3ccccc3)n2)c1. The number of Topliss-reactive ketones (excluding diaryl/α,β-unsaturated/α-hetero) is 1. The average molecular weight is 438 g/mol. The normalized spacial score (nSPS) is 11.3. The molecule has 31 heavy (non-hydrogen) atoms. The summed E-state index contributed by atoms with van der Waals surface area (Å²) in [4.78, 5) is 29.3. The number of ketones is 1. The Hall–Kier alpha value is -3.36. The number of sulfonamides is 1. The first kappa shape index (κ1) is 22.3.